The van der Waals surface area contributed by atoms with Crippen molar-refractivity contribution in [3.63, 3.8) is 0 Å². The molecule has 0 atom stereocenters. The number of rotatable bonds is 0. The van der Waals surface area contributed by atoms with Gasteiger partial charge in [-0.1, -0.05) is 30.3 Å². The Morgan fingerprint density at radius 3 is 2.79 bits per heavy atom. The number of hydrogen-bond donors (Lipinski definition) is 0. The third-order valence-corrected chi connectivity index (χ3v) is 3.50. The predicted octanol–water partition coefficient (Wildman–Crippen LogP) is 4.17. The van der Waals surface area contributed by atoms with Crippen molar-refractivity contribution in [2.24, 2.45) is 0 Å². The molecule has 0 unspecified atom stereocenters. The summed E-state index contributed by atoms with van der Waals surface area (Å²) in [5.41, 5.74) is 3.54. The van der Waals surface area contributed by atoms with E-state index in [0.29, 0.717) is 6.61 Å². The van der Waals surface area contributed by atoms with Gasteiger partial charge in [0.05, 0.1) is 11.2 Å². The van der Waals surface area contributed by atoms with Gasteiger partial charge in [0.2, 0.25) is 0 Å². The Kier molecular flexibility index (Phi) is 2.21. The molecule has 2 nitrogen and oxygen atoms in total. The Labute approximate surface area is 111 Å². The molecule has 19 heavy (non-hydrogen) atoms. The van der Waals surface area contributed by atoms with Gasteiger partial charge < -0.3 is 9.30 Å². The van der Waals surface area contributed by atoms with Gasteiger partial charge in [0.1, 0.15) is 12.4 Å². The SMILES string of the molecule is C1=Cn2c(cc3ccccc32)-c2ccccc2OC1. The quantitative estimate of drug-likeness (QED) is 0.581. The van der Waals surface area contributed by atoms with Crippen LogP contribution in [0.3, 0.4) is 0 Å². The standard InChI is InChI=1S/C17H13NO/c1-3-8-15-13(6-1)12-16-14-7-2-4-9-17(14)19-11-5-10-18(15)16/h1-10,12H,11H2. The number of aromatic nitrogens is 1. The predicted molar refractivity (Wildman–Crippen MR) is 78.2 cm³/mol. The Morgan fingerprint density at radius 1 is 0.947 bits per heavy atom. The third kappa shape index (κ3) is 1.57. The van der Waals surface area contributed by atoms with E-state index in [4.69, 9.17) is 4.74 Å². The Balaban J connectivity index is 2.11. The summed E-state index contributed by atoms with van der Waals surface area (Å²) in [6, 6.07) is 18.8. The van der Waals surface area contributed by atoms with Gasteiger partial charge in [0.25, 0.3) is 0 Å². The lowest BCUT2D eigenvalue weighted by Gasteiger charge is -2.14. The van der Waals surface area contributed by atoms with Crippen molar-refractivity contribution in [1.82, 2.24) is 4.57 Å². The number of benzene rings is 2. The van der Waals surface area contributed by atoms with Crippen LogP contribution in [0, 0.1) is 0 Å². The van der Waals surface area contributed by atoms with Crippen LogP contribution in [-0.2, 0) is 0 Å². The van der Waals surface area contributed by atoms with Gasteiger partial charge in [0, 0.05) is 17.1 Å². The minimum atomic E-state index is 0.600. The Bertz CT molecular complexity index is 783. The number of para-hydroxylation sites is 2. The molecule has 2 heteroatoms. The summed E-state index contributed by atoms with van der Waals surface area (Å²) >= 11 is 0. The van der Waals surface area contributed by atoms with E-state index in [0.717, 1.165) is 11.3 Å². The first-order chi connectivity index (χ1) is 9.43. The molecule has 2 heterocycles. The zero-order valence-electron chi connectivity index (χ0n) is 10.4. The van der Waals surface area contributed by atoms with Crippen molar-refractivity contribution in [2.75, 3.05) is 6.61 Å². The summed E-state index contributed by atoms with van der Waals surface area (Å²) in [7, 11) is 0. The first kappa shape index (κ1) is 10.4. The fourth-order valence-corrected chi connectivity index (χ4v) is 2.63. The highest BCUT2D eigenvalue weighted by Gasteiger charge is 2.14. The highest BCUT2D eigenvalue weighted by Crippen LogP contribution is 2.35. The van der Waals surface area contributed by atoms with Crippen LogP contribution in [-0.4, -0.2) is 11.2 Å². The Morgan fingerprint density at radius 2 is 1.79 bits per heavy atom. The van der Waals surface area contributed by atoms with Crippen LogP contribution in [0.4, 0.5) is 0 Å². The summed E-state index contributed by atoms with van der Waals surface area (Å²) in [5, 5.41) is 1.25. The average Bonchev–Trinajstić information content (AvgIpc) is 2.79. The van der Waals surface area contributed by atoms with Crippen LogP contribution >= 0.6 is 0 Å². The van der Waals surface area contributed by atoms with Crippen LogP contribution in [0.2, 0.25) is 0 Å². The van der Waals surface area contributed by atoms with E-state index in [2.05, 4.69) is 53.2 Å². The number of hydrogen-bond acceptors (Lipinski definition) is 1. The second-order valence-corrected chi connectivity index (χ2v) is 4.65. The van der Waals surface area contributed by atoms with Gasteiger partial charge >= 0.3 is 0 Å². The third-order valence-electron chi connectivity index (χ3n) is 3.50. The highest BCUT2D eigenvalue weighted by atomic mass is 16.5. The van der Waals surface area contributed by atoms with Crippen LogP contribution in [0.25, 0.3) is 28.4 Å². The largest absolute Gasteiger partial charge is 0.489 e. The maximum atomic E-state index is 5.78. The zero-order valence-corrected chi connectivity index (χ0v) is 10.4. The molecule has 0 spiro atoms. The highest BCUT2D eigenvalue weighted by molar-refractivity contribution is 5.90. The maximum Gasteiger partial charge on any atom is 0.129 e. The van der Waals surface area contributed by atoms with Gasteiger partial charge in [-0.2, -0.15) is 0 Å². The average molecular weight is 247 g/mol. The first-order valence-electron chi connectivity index (χ1n) is 6.42. The number of fused-ring (bicyclic) bond motifs is 5. The van der Waals surface area contributed by atoms with E-state index >= 15 is 0 Å². The number of nitrogens with zero attached hydrogens (tertiary/aromatic N) is 1. The monoisotopic (exact) mass is 247 g/mol. The molecular weight excluding hydrogens is 234 g/mol. The molecular formula is C17H13NO. The van der Waals surface area contributed by atoms with E-state index in [-0.39, 0.29) is 0 Å². The van der Waals surface area contributed by atoms with Crippen LogP contribution in [0.5, 0.6) is 5.75 Å². The van der Waals surface area contributed by atoms with Crippen molar-refractivity contribution in [2.45, 2.75) is 0 Å². The Hall–Kier alpha value is -2.48. The molecule has 0 saturated heterocycles. The van der Waals surface area contributed by atoms with Gasteiger partial charge in [-0.05, 0) is 30.3 Å². The van der Waals surface area contributed by atoms with Crippen LogP contribution in [0.15, 0.2) is 60.7 Å². The summed E-state index contributed by atoms with van der Waals surface area (Å²) in [4.78, 5) is 0. The molecule has 2 aromatic carbocycles. The molecule has 3 aromatic rings. The molecule has 4 rings (SSSR count). The summed E-state index contributed by atoms with van der Waals surface area (Å²) in [5.74, 6) is 0.941. The molecule has 1 aromatic heterocycles. The first-order valence-corrected chi connectivity index (χ1v) is 6.42. The molecule has 0 bridgehead atoms. The van der Waals surface area contributed by atoms with E-state index < -0.39 is 0 Å². The summed E-state index contributed by atoms with van der Waals surface area (Å²) in [6.45, 7) is 0.600. The van der Waals surface area contributed by atoms with E-state index in [1.807, 2.05) is 18.2 Å². The van der Waals surface area contributed by atoms with Crippen molar-refractivity contribution in [3.8, 4) is 17.0 Å². The summed E-state index contributed by atoms with van der Waals surface area (Å²) < 4.78 is 8.01. The lowest BCUT2D eigenvalue weighted by Crippen LogP contribution is -2.01. The molecule has 0 aliphatic carbocycles. The fourth-order valence-electron chi connectivity index (χ4n) is 2.63. The lowest BCUT2D eigenvalue weighted by molar-refractivity contribution is 0.364. The summed E-state index contributed by atoms with van der Waals surface area (Å²) in [6.07, 6.45) is 4.14. The second kappa shape index (κ2) is 4.02. The van der Waals surface area contributed by atoms with Crippen LogP contribution in [0.1, 0.15) is 0 Å². The number of ether oxygens (including phenoxy) is 1. The van der Waals surface area contributed by atoms with Crippen molar-refractivity contribution in [1.29, 1.82) is 0 Å². The fraction of sp³-hybridized carbons (Fsp3) is 0.0588. The van der Waals surface area contributed by atoms with Gasteiger partial charge in [-0.3, -0.25) is 0 Å². The van der Waals surface area contributed by atoms with E-state index in [1.54, 1.807) is 0 Å². The minimum absolute atomic E-state index is 0.600. The van der Waals surface area contributed by atoms with Gasteiger partial charge in [-0.15, -0.1) is 0 Å². The molecule has 92 valence electrons. The van der Waals surface area contributed by atoms with Crippen molar-refractivity contribution in [3.05, 3.63) is 60.7 Å². The molecule has 0 fully saturated rings. The molecule has 1 aliphatic rings. The molecule has 0 amide bonds. The molecule has 0 saturated carbocycles. The van der Waals surface area contributed by atoms with E-state index in [9.17, 15) is 0 Å². The smallest absolute Gasteiger partial charge is 0.129 e. The molecule has 1 aliphatic heterocycles. The minimum Gasteiger partial charge on any atom is -0.489 e. The van der Waals surface area contributed by atoms with E-state index in [1.165, 1.54) is 16.6 Å². The van der Waals surface area contributed by atoms with Crippen molar-refractivity contribution < 1.29 is 4.74 Å². The zero-order chi connectivity index (χ0) is 12.7. The second-order valence-electron chi connectivity index (χ2n) is 4.65. The molecule has 0 radical (unpaired) electrons. The van der Waals surface area contributed by atoms with Crippen molar-refractivity contribution >= 4 is 17.1 Å². The topological polar surface area (TPSA) is 14.2 Å². The van der Waals surface area contributed by atoms with Gasteiger partial charge in [-0.25, -0.2) is 0 Å². The normalized spacial score (nSPS) is 13.3. The van der Waals surface area contributed by atoms with Gasteiger partial charge in [0.15, 0.2) is 0 Å². The molecule has 0 N–H and O–H groups in total. The van der Waals surface area contributed by atoms with Crippen LogP contribution < -0.4 is 4.74 Å². The lowest BCUT2D eigenvalue weighted by atomic mass is 10.1. The maximum absolute atomic E-state index is 5.78.